The Morgan fingerprint density at radius 2 is 1.73 bits per heavy atom. The molecule has 3 amide bonds. The number of nitrogens with zero attached hydrogens (tertiary/aromatic N) is 3. The minimum absolute atomic E-state index is 0.0762. The lowest BCUT2D eigenvalue weighted by molar-refractivity contribution is -0.270. The summed E-state index contributed by atoms with van der Waals surface area (Å²) < 4.78 is 40.4. The Labute approximate surface area is 254 Å². The van der Waals surface area contributed by atoms with Gasteiger partial charge < -0.3 is 34.5 Å². The summed E-state index contributed by atoms with van der Waals surface area (Å²) in [6.45, 7) is 0.338. The molecule has 0 saturated carbocycles. The molecular formula is C32H37F2N4O6-. The quantitative estimate of drug-likeness (QED) is 0.511. The van der Waals surface area contributed by atoms with Gasteiger partial charge in [-0.25, -0.2) is 8.78 Å². The number of carbonyl (C=O) groups excluding carboxylic acids is 3. The topological polar surface area (TPSA) is 114 Å². The molecule has 4 heterocycles. The van der Waals surface area contributed by atoms with Gasteiger partial charge in [-0.05, 0) is 30.4 Å². The molecular weight excluding hydrogens is 574 g/mol. The molecule has 0 bridgehead atoms. The second-order valence-corrected chi connectivity index (χ2v) is 12.2. The van der Waals surface area contributed by atoms with Crippen molar-refractivity contribution in [1.29, 1.82) is 0 Å². The second-order valence-electron chi connectivity index (χ2n) is 12.2. The van der Waals surface area contributed by atoms with Crippen LogP contribution < -0.4 is 15.2 Å². The van der Waals surface area contributed by atoms with Gasteiger partial charge in [-0.1, -0.05) is 48.5 Å². The van der Waals surface area contributed by atoms with Crippen LogP contribution in [0.4, 0.5) is 13.6 Å². The smallest absolute Gasteiger partial charge is 0.262 e. The Kier molecular flexibility index (Phi) is 8.73. The highest BCUT2D eigenvalue weighted by molar-refractivity contribution is 5.92. The number of halogens is 2. The Morgan fingerprint density at radius 3 is 2.48 bits per heavy atom. The number of ether oxygens (including phenoxy) is 2. The van der Waals surface area contributed by atoms with E-state index in [1.807, 2.05) is 30.3 Å². The highest BCUT2D eigenvalue weighted by Crippen LogP contribution is 2.37. The van der Waals surface area contributed by atoms with Crippen LogP contribution in [0, 0.1) is 5.92 Å². The van der Waals surface area contributed by atoms with Gasteiger partial charge in [-0.2, -0.15) is 0 Å². The van der Waals surface area contributed by atoms with Crippen LogP contribution >= 0.6 is 0 Å². The number of carbonyl (C=O) groups is 3. The molecule has 3 saturated heterocycles. The molecule has 12 heteroatoms. The van der Waals surface area contributed by atoms with Gasteiger partial charge >= 0.3 is 0 Å². The molecule has 1 N–H and O–H groups in total. The Morgan fingerprint density at radius 1 is 1.00 bits per heavy atom. The summed E-state index contributed by atoms with van der Waals surface area (Å²) in [6.07, 6.45) is -0.564. The first-order chi connectivity index (χ1) is 21.2. The van der Waals surface area contributed by atoms with Gasteiger partial charge in [0.05, 0.1) is 19.2 Å². The van der Waals surface area contributed by atoms with E-state index < -0.39 is 60.8 Å². The number of carboxylic acid groups (broad SMARTS) is 1. The number of alkyl halides is 2. The molecule has 0 aliphatic carbocycles. The van der Waals surface area contributed by atoms with E-state index in [2.05, 4.69) is 5.32 Å². The number of amides is 3. The van der Waals surface area contributed by atoms with Gasteiger partial charge in [0.25, 0.3) is 5.92 Å². The van der Waals surface area contributed by atoms with Crippen molar-refractivity contribution in [2.24, 2.45) is 5.92 Å². The fourth-order valence-electron chi connectivity index (χ4n) is 7.11. The molecule has 4 aliphatic rings. The maximum absolute atomic E-state index is 14.6. The largest absolute Gasteiger partial charge is 0.530 e. The van der Waals surface area contributed by atoms with E-state index in [0.29, 0.717) is 50.4 Å². The van der Waals surface area contributed by atoms with Gasteiger partial charge in [0.15, 0.2) is 0 Å². The van der Waals surface area contributed by atoms with Gasteiger partial charge in [0.1, 0.15) is 23.9 Å². The molecule has 236 valence electrons. The summed E-state index contributed by atoms with van der Waals surface area (Å²) in [7, 11) is 0. The van der Waals surface area contributed by atoms with Gasteiger partial charge in [0, 0.05) is 57.3 Å². The molecule has 4 aliphatic heterocycles. The molecule has 2 aromatic carbocycles. The van der Waals surface area contributed by atoms with E-state index in [-0.39, 0.29) is 25.7 Å². The van der Waals surface area contributed by atoms with Gasteiger partial charge in [-0.3, -0.25) is 14.5 Å². The molecule has 4 atom stereocenters. The van der Waals surface area contributed by atoms with Crippen LogP contribution in [0.2, 0.25) is 0 Å². The zero-order chi connectivity index (χ0) is 30.8. The zero-order valence-corrected chi connectivity index (χ0v) is 24.4. The number of piperazine rings is 1. The molecule has 3 fully saturated rings. The average Bonchev–Trinajstić information content (AvgIpc) is 3.34. The molecule has 6 rings (SSSR count). The van der Waals surface area contributed by atoms with Crippen molar-refractivity contribution in [2.45, 2.75) is 62.3 Å². The molecule has 0 spiro atoms. The summed E-state index contributed by atoms with van der Waals surface area (Å²) in [6, 6.07) is 13.0. The van der Waals surface area contributed by atoms with Crippen LogP contribution in [0.25, 0.3) is 0 Å². The number of hydrogen-bond acceptors (Lipinski definition) is 7. The third-order valence-corrected chi connectivity index (χ3v) is 9.27. The number of nitrogens with one attached hydrogen (secondary N) is 1. The van der Waals surface area contributed by atoms with Crippen molar-refractivity contribution in [3.63, 3.8) is 0 Å². The van der Waals surface area contributed by atoms with Crippen molar-refractivity contribution >= 4 is 17.9 Å². The zero-order valence-electron chi connectivity index (χ0n) is 24.4. The summed E-state index contributed by atoms with van der Waals surface area (Å²) in [5.74, 6) is -3.73. The summed E-state index contributed by atoms with van der Waals surface area (Å²) >= 11 is 0. The molecule has 0 unspecified atom stereocenters. The third kappa shape index (κ3) is 6.37. The Bertz CT molecular complexity index is 1360. The third-order valence-electron chi connectivity index (χ3n) is 9.27. The van der Waals surface area contributed by atoms with E-state index in [1.165, 1.54) is 4.90 Å². The maximum atomic E-state index is 14.6. The molecule has 0 aromatic heterocycles. The van der Waals surface area contributed by atoms with E-state index in [1.54, 1.807) is 29.2 Å². The predicted molar refractivity (Wildman–Crippen MR) is 153 cm³/mol. The lowest BCUT2D eigenvalue weighted by atomic mass is 9.88. The van der Waals surface area contributed by atoms with Crippen LogP contribution in [0.3, 0.4) is 0 Å². The fourth-order valence-corrected chi connectivity index (χ4v) is 7.11. The highest BCUT2D eigenvalue weighted by atomic mass is 19.3. The normalized spacial score (nSPS) is 25.7. The Hall–Kier alpha value is -3.77. The van der Waals surface area contributed by atoms with Crippen LogP contribution in [0.15, 0.2) is 54.6 Å². The average molecular weight is 612 g/mol. The van der Waals surface area contributed by atoms with Crippen LogP contribution in [0.1, 0.15) is 42.9 Å². The summed E-state index contributed by atoms with van der Waals surface area (Å²) in [4.78, 5) is 45.3. The van der Waals surface area contributed by atoms with Gasteiger partial charge in [-0.15, -0.1) is 0 Å². The van der Waals surface area contributed by atoms with E-state index >= 15 is 0 Å². The number of rotatable bonds is 7. The van der Waals surface area contributed by atoms with E-state index in [4.69, 9.17) is 9.47 Å². The molecule has 44 heavy (non-hydrogen) atoms. The molecule has 10 nitrogen and oxygen atoms in total. The number of para-hydroxylation sites is 1. The van der Waals surface area contributed by atoms with Crippen molar-refractivity contribution in [1.82, 2.24) is 20.0 Å². The monoisotopic (exact) mass is 611 g/mol. The van der Waals surface area contributed by atoms with E-state index in [0.717, 1.165) is 10.5 Å². The van der Waals surface area contributed by atoms with Crippen LogP contribution in [0.5, 0.6) is 5.75 Å². The Balaban J connectivity index is 1.32. The van der Waals surface area contributed by atoms with Crippen molar-refractivity contribution in [2.75, 3.05) is 39.5 Å². The first kappa shape index (κ1) is 30.3. The first-order valence-corrected chi connectivity index (χ1v) is 15.2. The molecule has 0 radical (unpaired) electrons. The fraction of sp³-hybridized carbons (Fsp3) is 0.531. The van der Waals surface area contributed by atoms with Crippen LogP contribution in [-0.4, -0.2) is 96.1 Å². The lowest BCUT2D eigenvalue weighted by Crippen LogP contribution is -2.67. The van der Waals surface area contributed by atoms with E-state index in [9.17, 15) is 28.3 Å². The minimum atomic E-state index is -2.95. The number of hydrogen-bond donors (Lipinski definition) is 1. The van der Waals surface area contributed by atoms with Crippen molar-refractivity contribution < 1.29 is 37.7 Å². The summed E-state index contributed by atoms with van der Waals surface area (Å²) in [5.41, 5.74) is 1.48. The van der Waals surface area contributed by atoms with Crippen LogP contribution in [-0.2, 0) is 20.9 Å². The minimum Gasteiger partial charge on any atom is -0.530 e. The lowest BCUT2D eigenvalue weighted by Gasteiger charge is -2.47. The highest BCUT2D eigenvalue weighted by Gasteiger charge is 2.52. The second kappa shape index (κ2) is 12.7. The SMILES string of the molecule is O=C(N[C@@H]1CCOc2ccccc21)[C@@H]1CN2CC(F)(F)C[C@@H]2CN1C(=O)[C@H](C1CCOCC1)N(Cc1ccccc1)C(=O)[O-]. The van der Waals surface area contributed by atoms with Gasteiger partial charge in [0.2, 0.25) is 11.8 Å². The number of benzene rings is 2. The maximum Gasteiger partial charge on any atom is 0.262 e. The predicted octanol–water partition coefficient (Wildman–Crippen LogP) is 2.19. The number of fused-ring (bicyclic) bond motifs is 2. The summed E-state index contributed by atoms with van der Waals surface area (Å²) in [5, 5.41) is 15.7. The standard InChI is InChI=1S/C32H38F2N4O6/c33-32(34)16-23-18-37(26(19-36(23)20-32)29(39)35-25-12-15-44-27-9-5-4-8-24(25)27)30(40)28(22-10-13-43-14-11-22)38(31(41)42)17-21-6-2-1-3-7-21/h1-9,22-23,25-26,28H,10-20H2,(H,35,39)(H,41,42)/p-1/t23-,25-,26+,28+/m1/s1. The van der Waals surface area contributed by atoms with Crippen molar-refractivity contribution in [3.05, 3.63) is 65.7 Å². The molecule has 2 aromatic rings. The van der Waals surface area contributed by atoms with Crippen molar-refractivity contribution in [3.8, 4) is 5.75 Å². The first-order valence-electron chi connectivity index (χ1n) is 15.2.